The first kappa shape index (κ1) is 16.0. The Labute approximate surface area is 144 Å². The number of amides is 1. The molecule has 0 radical (unpaired) electrons. The summed E-state index contributed by atoms with van der Waals surface area (Å²) in [5, 5.41) is 0.894. The average molecular weight is 352 g/mol. The Hall–Kier alpha value is -1.91. The number of benzene rings is 2. The van der Waals surface area contributed by atoms with Crippen LogP contribution >= 0.6 is 23.2 Å². The third-order valence-electron chi connectivity index (χ3n) is 3.47. The van der Waals surface area contributed by atoms with Crippen molar-refractivity contribution in [3.63, 3.8) is 0 Å². The van der Waals surface area contributed by atoms with Crippen molar-refractivity contribution in [3.8, 4) is 11.5 Å². The molecule has 0 aliphatic carbocycles. The third kappa shape index (κ3) is 3.54. The minimum atomic E-state index is -0.154. The second kappa shape index (κ2) is 6.69. The molecule has 1 atom stereocenters. The minimum Gasteiger partial charge on any atom is -0.487 e. The highest BCUT2D eigenvalue weighted by atomic mass is 35.5. The Morgan fingerprint density at radius 1 is 1.30 bits per heavy atom. The summed E-state index contributed by atoms with van der Waals surface area (Å²) in [5.41, 5.74) is 0.751. The van der Waals surface area contributed by atoms with Crippen LogP contribution in [0, 0.1) is 0 Å². The van der Waals surface area contributed by atoms with Crippen molar-refractivity contribution in [1.29, 1.82) is 0 Å². The normalized spacial score (nSPS) is 16.5. The molecule has 1 heterocycles. The SMILES string of the molecule is C[C@@H]1CN(C(=O)COc2ccc(Cl)cc2Cl)c2ccccc2O1. The summed E-state index contributed by atoms with van der Waals surface area (Å²) in [7, 11) is 0. The topological polar surface area (TPSA) is 38.8 Å². The van der Waals surface area contributed by atoms with Crippen molar-refractivity contribution in [3.05, 3.63) is 52.5 Å². The molecule has 0 saturated heterocycles. The fraction of sp³-hybridized carbons (Fsp3) is 0.235. The highest BCUT2D eigenvalue weighted by Crippen LogP contribution is 2.33. The van der Waals surface area contributed by atoms with E-state index < -0.39 is 0 Å². The number of hydrogen-bond donors (Lipinski definition) is 0. The van der Waals surface area contributed by atoms with Gasteiger partial charge in [-0.2, -0.15) is 0 Å². The third-order valence-corrected chi connectivity index (χ3v) is 4.00. The van der Waals surface area contributed by atoms with E-state index in [9.17, 15) is 4.79 Å². The van der Waals surface area contributed by atoms with Gasteiger partial charge in [-0.3, -0.25) is 4.79 Å². The molecule has 6 heteroatoms. The molecule has 2 aromatic rings. The zero-order valence-corrected chi connectivity index (χ0v) is 14.0. The number of fused-ring (bicyclic) bond motifs is 1. The van der Waals surface area contributed by atoms with Gasteiger partial charge in [0.2, 0.25) is 0 Å². The first-order chi connectivity index (χ1) is 11.0. The smallest absolute Gasteiger partial charge is 0.265 e. The largest absolute Gasteiger partial charge is 0.487 e. The molecule has 0 aromatic heterocycles. The monoisotopic (exact) mass is 351 g/mol. The van der Waals surface area contributed by atoms with Crippen molar-refractivity contribution < 1.29 is 14.3 Å². The van der Waals surface area contributed by atoms with Gasteiger partial charge >= 0.3 is 0 Å². The van der Waals surface area contributed by atoms with Crippen LogP contribution in [0.2, 0.25) is 10.0 Å². The summed E-state index contributed by atoms with van der Waals surface area (Å²) in [6.45, 7) is 2.29. The van der Waals surface area contributed by atoms with Crippen LogP contribution in [0.5, 0.6) is 11.5 Å². The number of hydrogen-bond acceptors (Lipinski definition) is 3. The lowest BCUT2D eigenvalue weighted by Crippen LogP contribution is -2.44. The quantitative estimate of drug-likeness (QED) is 0.832. The van der Waals surface area contributed by atoms with Crippen LogP contribution in [0.3, 0.4) is 0 Å². The molecule has 1 aliphatic heterocycles. The summed E-state index contributed by atoms with van der Waals surface area (Å²) in [4.78, 5) is 14.2. The van der Waals surface area contributed by atoms with Crippen molar-refractivity contribution in [1.82, 2.24) is 0 Å². The van der Waals surface area contributed by atoms with Crippen LogP contribution in [0.4, 0.5) is 5.69 Å². The van der Waals surface area contributed by atoms with Crippen LogP contribution in [-0.2, 0) is 4.79 Å². The molecule has 0 unspecified atom stereocenters. The van der Waals surface area contributed by atoms with E-state index in [1.165, 1.54) is 0 Å². The Bertz CT molecular complexity index is 736. The number of halogens is 2. The lowest BCUT2D eigenvalue weighted by Gasteiger charge is -2.33. The fourth-order valence-corrected chi connectivity index (χ4v) is 2.90. The predicted octanol–water partition coefficient (Wildman–Crippen LogP) is 4.19. The van der Waals surface area contributed by atoms with Gasteiger partial charge in [0, 0.05) is 5.02 Å². The second-order valence-electron chi connectivity index (χ2n) is 5.26. The van der Waals surface area contributed by atoms with E-state index in [0.717, 1.165) is 5.69 Å². The Morgan fingerprint density at radius 2 is 2.09 bits per heavy atom. The van der Waals surface area contributed by atoms with Crippen LogP contribution in [0.1, 0.15) is 6.92 Å². The lowest BCUT2D eigenvalue weighted by molar-refractivity contribution is -0.121. The summed E-state index contributed by atoms with van der Waals surface area (Å²) >= 11 is 11.9. The van der Waals surface area contributed by atoms with E-state index >= 15 is 0 Å². The molecule has 1 aliphatic rings. The van der Waals surface area contributed by atoms with Gasteiger partial charge in [-0.1, -0.05) is 35.3 Å². The molecule has 3 rings (SSSR count). The van der Waals surface area contributed by atoms with Crippen LogP contribution in [0.15, 0.2) is 42.5 Å². The standard InChI is InChI=1S/C17H15Cl2NO3/c1-11-9-20(14-4-2-3-5-16(14)23-11)17(21)10-22-15-7-6-12(18)8-13(15)19/h2-8,11H,9-10H2,1H3/t11-/m1/s1. The zero-order valence-electron chi connectivity index (χ0n) is 12.5. The summed E-state index contributed by atoms with van der Waals surface area (Å²) in [6.07, 6.45) is -0.0760. The molecule has 0 spiro atoms. The van der Waals surface area contributed by atoms with Gasteiger partial charge in [0.05, 0.1) is 17.3 Å². The van der Waals surface area contributed by atoms with Crippen LogP contribution < -0.4 is 14.4 Å². The van der Waals surface area contributed by atoms with Gasteiger partial charge in [-0.05, 0) is 37.3 Å². The van der Waals surface area contributed by atoms with Gasteiger partial charge < -0.3 is 14.4 Å². The first-order valence-corrected chi connectivity index (χ1v) is 7.94. The number of carbonyl (C=O) groups excluding carboxylic acids is 1. The highest BCUT2D eigenvalue weighted by molar-refractivity contribution is 6.35. The first-order valence-electron chi connectivity index (χ1n) is 7.18. The van der Waals surface area contributed by atoms with Gasteiger partial charge in [-0.15, -0.1) is 0 Å². The van der Waals surface area contributed by atoms with Gasteiger partial charge in [0.1, 0.15) is 17.6 Å². The van der Waals surface area contributed by atoms with E-state index in [1.54, 1.807) is 23.1 Å². The van der Waals surface area contributed by atoms with E-state index in [-0.39, 0.29) is 18.6 Å². The number of anilines is 1. The molecule has 120 valence electrons. The maximum atomic E-state index is 12.5. The van der Waals surface area contributed by atoms with Gasteiger partial charge in [0.25, 0.3) is 5.91 Å². The molecule has 0 N–H and O–H groups in total. The van der Waals surface area contributed by atoms with Crippen molar-refractivity contribution in [2.45, 2.75) is 13.0 Å². The number of ether oxygens (including phenoxy) is 2. The molecule has 0 saturated carbocycles. The van der Waals surface area contributed by atoms with Crippen LogP contribution in [0.25, 0.3) is 0 Å². The zero-order chi connectivity index (χ0) is 16.4. The van der Waals surface area contributed by atoms with E-state index in [1.807, 2.05) is 31.2 Å². The molecule has 0 fully saturated rings. The van der Waals surface area contributed by atoms with E-state index in [0.29, 0.717) is 28.1 Å². The average Bonchev–Trinajstić information content (AvgIpc) is 2.53. The van der Waals surface area contributed by atoms with Crippen molar-refractivity contribution >= 4 is 34.8 Å². The molecular formula is C17H15Cl2NO3. The fourth-order valence-electron chi connectivity index (χ4n) is 2.44. The molecule has 0 bridgehead atoms. The molecular weight excluding hydrogens is 337 g/mol. The molecule has 1 amide bonds. The lowest BCUT2D eigenvalue weighted by atomic mass is 10.2. The molecule has 23 heavy (non-hydrogen) atoms. The van der Waals surface area contributed by atoms with Gasteiger partial charge in [0.15, 0.2) is 6.61 Å². The minimum absolute atomic E-state index is 0.0760. The van der Waals surface area contributed by atoms with Crippen molar-refractivity contribution in [2.24, 2.45) is 0 Å². The van der Waals surface area contributed by atoms with Crippen LogP contribution in [-0.4, -0.2) is 25.2 Å². The van der Waals surface area contributed by atoms with E-state index in [2.05, 4.69) is 0 Å². The Morgan fingerprint density at radius 3 is 2.87 bits per heavy atom. The number of para-hydroxylation sites is 2. The molecule has 4 nitrogen and oxygen atoms in total. The maximum Gasteiger partial charge on any atom is 0.265 e. The number of carbonyl (C=O) groups is 1. The van der Waals surface area contributed by atoms with E-state index in [4.69, 9.17) is 32.7 Å². The number of rotatable bonds is 3. The second-order valence-corrected chi connectivity index (χ2v) is 6.11. The summed E-state index contributed by atoms with van der Waals surface area (Å²) in [6, 6.07) is 12.3. The number of nitrogens with zero attached hydrogens (tertiary/aromatic N) is 1. The Balaban J connectivity index is 1.73. The summed E-state index contributed by atoms with van der Waals surface area (Å²) in [5.74, 6) is 0.974. The molecule has 2 aromatic carbocycles. The predicted molar refractivity (Wildman–Crippen MR) is 90.8 cm³/mol. The summed E-state index contributed by atoms with van der Waals surface area (Å²) < 4.78 is 11.3. The van der Waals surface area contributed by atoms with Crippen molar-refractivity contribution in [2.75, 3.05) is 18.1 Å². The maximum absolute atomic E-state index is 12.5. The van der Waals surface area contributed by atoms with Gasteiger partial charge in [-0.25, -0.2) is 0 Å². The highest BCUT2D eigenvalue weighted by Gasteiger charge is 2.27. The Kier molecular flexibility index (Phi) is 4.64.